The molecular formula is C12H12ClN3. The van der Waals surface area contributed by atoms with Crippen LogP contribution in [-0.4, -0.2) is 4.98 Å². The van der Waals surface area contributed by atoms with Gasteiger partial charge in [-0.15, -0.1) is 0 Å². The minimum atomic E-state index is 0.469. The molecule has 0 saturated heterocycles. The Bertz CT molecular complexity index is 440. The van der Waals surface area contributed by atoms with Crippen LogP contribution in [0.1, 0.15) is 5.56 Å². The fraction of sp³-hybridized carbons (Fsp3) is 0.0833. The van der Waals surface area contributed by atoms with Crippen molar-refractivity contribution in [2.75, 3.05) is 11.1 Å². The molecule has 0 aliphatic carbocycles. The number of anilines is 2. The number of nitrogens with one attached hydrogen (secondary N) is 1. The van der Waals surface area contributed by atoms with Crippen LogP contribution in [0.25, 0.3) is 0 Å². The first-order valence-corrected chi connectivity index (χ1v) is 5.33. The van der Waals surface area contributed by atoms with Crippen LogP contribution in [0, 0.1) is 0 Å². The van der Waals surface area contributed by atoms with Gasteiger partial charge in [0.05, 0.1) is 5.69 Å². The van der Waals surface area contributed by atoms with E-state index >= 15 is 0 Å². The van der Waals surface area contributed by atoms with Crippen LogP contribution >= 0.6 is 11.6 Å². The van der Waals surface area contributed by atoms with E-state index in [9.17, 15) is 0 Å². The molecular weight excluding hydrogens is 222 g/mol. The molecule has 0 atom stereocenters. The van der Waals surface area contributed by atoms with Gasteiger partial charge in [0.25, 0.3) is 0 Å². The van der Waals surface area contributed by atoms with E-state index in [1.54, 1.807) is 6.20 Å². The van der Waals surface area contributed by atoms with E-state index < -0.39 is 0 Å². The molecule has 16 heavy (non-hydrogen) atoms. The molecule has 0 saturated carbocycles. The van der Waals surface area contributed by atoms with Crippen molar-refractivity contribution in [1.82, 2.24) is 4.98 Å². The van der Waals surface area contributed by atoms with Crippen molar-refractivity contribution < 1.29 is 0 Å². The fourth-order valence-electron chi connectivity index (χ4n) is 1.40. The van der Waals surface area contributed by atoms with Crippen molar-refractivity contribution in [3.8, 4) is 0 Å². The van der Waals surface area contributed by atoms with Crippen molar-refractivity contribution in [2.45, 2.75) is 6.54 Å². The Morgan fingerprint density at radius 2 is 2.00 bits per heavy atom. The number of aromatic nitrogens is 1. The quantitative estimate of drug-likeness (QED) is 0.633. The van der Waals surface area contributed by atoms with Gasteiger partial charge in [-0.25, -0.2) is 4.98 Å². The maximum Gasteiger partial charge on any atom is 0.152 e. The number of para-hydroxylation sites is 1. The standard InChI is InChI=1S/C12H12ClN3/c13-12-11(6-3-7-15-12)16-8-9-4-1-2-5-10(9)14/h1-7,16H,8,14H2. The predicted molar refractivity (Wildman–Crippen MR) is 67.4 cm³/mol. The summed E-state index contributed by atoms with van der Waals surface area (Å²) in [5.41, 5.74) is 8.46. The van der Waals surface area contributed by atoms with Crippen molar-refractivity contribution in [2.24, 2.45) is 0 Å². The summed E-state index contributed by atoms with van der Waals surface area (Å²) in [6.45, 7) is 0.637. The lowest BCUT2D eigenvalue weighted by molar-refractivity contribution is 1.14. The first kappa shape index (κ1) is 10.8. The van der Waals surface area contributed by atoms with Gasteiger partial charge in [0.15, 0.2) is 5.15 Å². The number of nitrogens with two attached hydrogens (primary N) is 1. The Hall–Kier alpha value is -1.74. The van der Waals surface area contributed by atoms with E-state index in [4.69, 9.17) is 17.3 Å². The van der Waals surface area contributed by atoms with Crippen LogP contribution in [-0.2, 0) is 6.54 Å². The molecule has 0 spiro atoms. The minimum absolute atomic E-state index is 0.469. The summed E-state index contributed by atoms with van der Waals surface area (Å²) >= 11 is 5.93. The zero-order valence-corrected chi connectivity index (χ0v) is 9.41. The fourth-order valence-corrected chi connectivity index (χ4v) is 1.59. The van der Waals surface area contributed by atoms with Gasteiger partial charge in [0.2, 0.25) is 0 Å². The third kappa shape index (κ3) is 2.44. The Labute approximate surface area is 99.3 Å². The van der Waals surface area contributed by atoms with Crippen molar-refractivity contribution in [3.63, 3.8) is 0 Å². The molecule has 2 rings (SSSR count). The molecule has 4 heteroatoms. The average Bonchev–Trinajstić information content (AvgIpc) is 2.30. The molecule has 3 nitrogen and oxygen atoms in total. The molecule has 0 aliphatic heterocycles. The smallest absolute Gasteiger partial charge is 0.152 e. The normalized spacial score (nSPS) is 10.1. The zero-order chi connectivity index (χ0) is 11.4. The Morgan fingerprint density at radius 3 is 2.75 bits per heavy atom. The minimum Gasteiger partial charge on any atom is -0.398 e. The third-order valence-corrected chi connectivity index (χ3v) is 2.58. The molecule has 1 heterocycles. The molecule has 3 N–H and O–H groups in total. The lowest BCUT2D eigenvalue weighted by Gasteiger charge is -2.09. The van der Waals surface area contributed by atoms with Crippen LogP contribution in [0.5, 0.6) is 0 Å². The largest absolute Gasteiger partial charge is 0.398 e. The van der Waals surface area contributed by atoms with E-state index in [2.05, 4.69) is 10.3 Å². The second-order valence-corrected chi connectivity index (χ2v) is 3.75. The highest BCUT2D eigenvalue weighted by Gasteiger charge is 2.01. The second-order valence-electron chi connectivity index (χ2n) is 3.39. The molecule has 0 bridgehead atoms. The van der Waals surface area contributed by atoms with E-state index in [1.165, 1.54) is 0 Å². The summed E-state index contributed by atoms with van der Waals surface area (Å²) in [5, 5.41) is 3.67. The van der Waals surface area contributed by atoms with Crippen LogP contribution in [0.2, 0.25) is 5.15 Å². The highest BCUT2D eigenvalue weighted by molar-refractivity contribution is 6.31. The SMILES string of the molecule is Nc1ccccc1CNc1cccnc1Cl. The molecule has 0 fully saturated rings. The number of pyridine rings is 1. The number of benzene rings is 1. The molecule has 0 radical (unpaired) electrons. The maximum atomic E-state index is 5.93. The zero-order valence-electron chi connectivity index (χ0n) is 8.65. The Kier molecular flexibility index (Phi) is 3.27. The number of nitrogens with zero attached hydrogens (tertiary/aromatic N) is 1. The molecule has 2 aromatic rings. The highest BCUT2D eigenvalue weighted by Crippen LogP contribution is 2.19. The van der Waals surface area contributed by atoms with Crippen molar-refractivity contribution in [3.05, 3.63) is 53.3 Å². The Morgan fingerprint density at radius 1 is 1.19 bits per heavy atom. The summed E-state index contributed by atoms with van der Waals surface area (Å²) in [5.74, 6) is 0. The lowest BCUT2D eigenvalue weighted by atomic mass is 10.2. The number of nitrogen functional groups attached to an aromatic ring is 1. The summed E-state index contributed by atoms with van der Waals surface area (Å²) in [7, 11) is 0. The average molecular weight is 234 g/mol. The predicted octanol–water partition coefficient (Wildman–Crippen LogP) is 2.93. The summed E-state index contributed by atoms with van der Waals surface area (Å²) in [4.78, 5) is 3.99. The van der Waals surface area contributed by atoms with Gasteiger partial charge in [-0.3, -0.25) is 0 Å². The van der Waals surface area contributed by atoms with E-state index in [0.717, 1.165) is 16.9 Å². The van der Waals surface area contributed by atoms with Crippen LogP contribution < -0.4 is 11.1 Å². The molecule has 1 aromatic carbocycles. The highest BCUT2D eigenvalue weighted by atomic mass is 35.5. The summed E-state index contributed by atoms with van der Waals surface area (Å²) in [6.07, 6.45) is 1.66. The first-order valence-electron chi connectivity index (χ1n) is 4.95. The van der Waals surface area contributed by atoms with Gasteiger partial charge in [-0.2, -0.15) is 0 Å². The summed E-state index contributed by atoms with van der Waals surface area (Å²) in [6, 6.07) is 11.4. The molecule has 1 aromatic heterocycles. The Balaban J connectivity index is 2.09. The van der Waals surface area contributed by atoms with Gasteiger partial charge in [-0.1, -0.05) is 29.8 Å². The molecule has 0 amide bonds. The third-order valence-electron chi connectivity index (χ3n) is 2.28. The molecule has 82 valence electrons. The number of halogens is 1. The topological polar surface area (TPSA) is 50.9 Å². The number of rotatable bonds is 3. The van der Waals surface area contributed by atoms with Gasteiger partial charge in [-0.05, 0) is 23.8 Å². The van der Waals surface area contributed by atoms with Crippen LogP contribution in [0.3, 0.4) is 0 Å². The van der Waals surface area contributed by atoms with Crippen molar-refractivity contribution >= 4 is 23.0 Å². The van der Waals surface area contributed by atoms with E-state index in [-0.39, 0.29) is 0 Å². The number of hydrogen-bond acceptors (Lipinski definition) is 3. The molecule has 0 aliphatic rings. The first-order chi connectivity index (χ1) is 7.77. The number of hydrogen-bond donors (Lipinski definition) is 2. The van der Waals surface area contributed by atoms with Crippen molar-refractivity contribution in [1.29, 1.82) is 0 Å². The van der Waals surface area contributed by atoms with Gasteiger partial charge >= 0.3 is 0 Å². The second kappa shape index (κ2) is 4.86. The van der Waals surface area contributed by atoms with Gasteiger partial charge < -0.3 is 11.1 Å². The van der Waals surface area contributed by atoms with E-state index in [1.807, 2.05) is 36.4 Å². The van der Waals surface area contributed by atoms with Crippen LogP contribution in [0.15, 0.2) is 42.6 Å². The lowest BCUT2D eigenvalue weighted by Crippen LogP contribution is -2.03. The van der Waals surface area contributed by atoms with Gasteiger partial charge in [0.1, 0.15) is 0 Å². The maximum absolute atomic E-state index is 5.93. The van der Waals surface area contributed by atoms with Gasteiger partial charge in [0, 0.05) is 18.4 Å². The molecule has 0 unspecified atom stereocenters. The monoisotopic (exact) mass is 233 g/mol. The summed E-state index contributed by atoms with van der Waals surface area (Å²) < 4.78 is 0. The van der Waals surface area contributed by atoms with Crippen LogP contribution in [0.4, 0.5) is 11.4 Å². The van der Waals surface area contributed by atoms with E-state index in [0.29, 0.717) is 11.7 Å².